The van der Waals surface area contributed by atoms with Gasteiger partial charge < -0.3 is 5.84 Å². The fraction of sp³-hybridized carbons (Fsp3) is 0.348. The SMILES string of the molecule is Cc1ccc(S(=O)(=O)N(CC2=CCCCCC2)C/C(=N/N)c2ccccc2)cc1. The average molecular weight is 412 g/mol. The molecule has 0 saturated heterocycles. The van der Waals surface area contributed by atoms with Gasteiger partial charge in [0.05, 0.1) is 17.2 Å². The summed E-state index contributed by atoms with van der Waals surface area (Å²) in [6.45, 7) is 2.44. The standard InChI is InChI=1S/C23H29N3O2S/c1-19-13-15-22(16-14-19)29(27,28)26(17-20-9-5-2-3-6-10-20)18-23(25-24)21-11-7-4-8-12-21/h4,7-9,11-16H,2-3,5-6,10,17-18,24H2,1H3/b25-23-. The summed E-state index contributed by atoms with van der Waals surface area (Å²) in [4.78, 5) is 0.293. The summed E-state index contributed by atoms with van der Waals surface area (Å²) in [5.41, 5.74) is 3.57. The second kappa shape index (κ2) is 9.85. The van der Waals surface area contributed by atoms with E-state index in [2.05, 4.69) is 11.2 Å². The van der Waals surface area contributed by atoms with Crippen LogP contribution in [0.25, 0.3) is 0 Å². The van der Waals surface area contributed by atoms with Crippen molar-refractivity contribution in [3.63, 3.8) is 0 Å². The zero-order valence-corrected chi connectivity index (χ0v) is 17.7. The highest BCUT2D eigenvalue weighted by Gasteiger charge is 2.27. The van der Waals surface area contributed by atoms with E-state index in [1.165, 1.54) is 16.3 Å². The summed E-state index contributed by atoms with van der Waals surface area (Å²) >= 11 is 0. The van der Waals surface area contributed by atoms with E-state index in [-0.39, 0.29) is 6.54 Å². The topological polar surface area (TPSA) is 75.8 Å². The first-order valence-electron chi connectivity index (χ1n) is 10.1. The first-order chi connectivity index (χ1) is 14.0. The van der Waals surface area contributed by atoms with Crippen LogP contribution in [0.3, 0.4) is 0 Å². The van der Waals surface area contributed by atoms with E-state index >= 15 is 0 Å². The van der Waals surface area contributed by atoms with Gasteiger partial charge in [-0.1, -0.05) is 66.1 Å². The summed E-state index contributed by atoms with van der Waals surface area (Å²) in [5, 5.41) is 3.92. The predicted molar refractivity (Wildman–Crippen MR) is 118 cm³/mol. The van der Waals surface area contributed by atoms with E-state index in [9.17, 15) is 8.42 Å². The van der Waals surface area contributed by atoms with Crippen molar-refractivity contribution in [2.75, 3.05) is 13.1 Å². The summed E-state index contributed by atoms with van der Waals surface area (Å²) in [5.74, 6) is 5.66. The molecule has 0 radical (unpaired) electrons. The first-order valence-corrected chi connectivity index (χ1v) is 11.5. The monoisotopic (exact) mass is 411 g/mol. The van der Waals surface area contributed by atoms with Crippen LogP contribution in [-0.2, 0) is 10.0 Å². The Kier molecular flexibility index (Phi) is 7.23. The number of aryl methyl sites for hydroxylation is 1. The molecule has 0 unspecified atom stereocenters. The van der Waals surface area contributed by atoms with Crippen LogP contribution in [-0.4, -0.2) is 31.5 Å². The number of nitrogens with two attached hydrogens (primary N) is 1. The van der Waals surface area contributed by atoms with Crippen LogP contribution in [0, 0.1) is 6.92 Å². The van der Waals surface area contributed by atoms with Crippen molar-refractivity contribution < 1.29 is 8.42 Å². The molecule has 2 N–H and O–H groups in total. The number of benzene rings is 2. The summed E-state index contributed by atoms with van der Waals surface area (Å²) in [7, 11) is -3.69. The van der Waals surface area contributed by atoms with Crippen LogP contribution in [0.15, 0.2) is 76.2 Å². The van der Waals surface area contributed by atoms with Crippen molar-refractivity contribution in [2.24, 2.45) is 10.9 Å². The Labute approximate surface area is 174 Å². The largest absolute Gasteiger partial charge is 0.323 e. The van der Waals surface area contributed by atoms with Gasteiger partial charge in [0.2, 0.25) is 10.0 Å². The van der Waals surface area contributed by atoms with E-state index in [0.29, 0.717) is 17.2 Å². The van der Waals surface area contributed by atoms with E-state index < -0.39 is 10.0 Å². The van der Waals surface area contributed by atoms with Crippen molar-refractivity contribution in [3.05, 3.63) is 77.4 Å². The van der Waals surface area contributed by atoms with Crippen molar-refractivity contribution >= 4 is 15.7 Å². The number of sulfonamides is 1. The fourth-order valence-corrected chi connectivity index (χ4v) is 4.95. The molecule has 0 fully saturated rings. The fourth-order valence-electron chi connectivity index (χ4n) is 3.54. The number of allylic oxidation sites excluding steroid dienone is 1. The van der Waals surface area contributed by atoms with Crippen LogP contribution in [0.2, 0.25) is 0 Å². The molecule has 2 aromatic rings. The summed E-state index contributed by atoms with van der Waals surface area (Å²) in [6, 6.07) is 16.5. The minimum absolute atomic E-state index is 0.133. The maximum absolute atomic E-state index is 13.5. The molecule has 1 aliphatic rings. The first kappa shape index (κ1) is 21.3. The molecule has 154 valence electrons. The molecular formula is C23H29N3O2S. The number of rotatable bonds is 7. The molecule has 0 aromatic heterocycles. The highest BCUT2D eigenvalue weighted by atomic mass is 32.2. The minimum atomic E-state index is -3.69. The van der Waals surface area contributed by atoms with Gasteiger partial charge in [-0.25, -0.2) is 8.42 Å². The maximum atomic E-state index is 13.5. The van der Waals surface area contributed by atoms with Gasteiger partial charge in [-0.05, 0) is 50.3 Å². The zero-order chi connectivity index (χ0) is 20.7. The van der Waals surface area contributed by atoms with Gasteiger partial charge in [0.1, 0.15) is 0 Å². The molecule has 0 bridgehead atoms. The zero-order valence-electron chi connectivity index (χ0n) is 16.9. The Morgan fingerprint density at radius 1 is 1.03 bits per heavy atom. The second-order valence-corrected chi connectivity index (χ2v) is 9.43. The molecule has 0 amide bonds. The molecule has 0 aliphatic heterocycles. The third-order valence-corrected chi connectivity index (χ3v) is 7.07. The Morgan fingerprint density at radius 2 is 1.76 bits per heavy atom. The normalized spacial score (nSPS) is 15.8. The second-order valence-electron chi connectivity index (χ2n) is 7.49. The Balaban J connectivity index is 1.94. The Hall–Kier alpha value is -2.44. The van der Waals surface area contributed by atoms with Gasteiger partial charge in [0.15, 0.2) is 0 Å². The lowest BCUT2D eigenvalue weighted by Gasteiger charge is -2.24. The van der Waals surface area contributed by atoms with Crippen LogP contribution >= 0.6 is 0 Å². The van der Waals surface area contributed by atoms with Gasteiger partial charge in [0, 0.05) is 6.54 Å². The number of hydrogen-bond donors (Lipinski definition) is 1. The van der Waals surface area contributed by atoms with Crippen LogP contribution < -0.4 is 5.84 Å². The van der Waals surface area contributed by atoms with Gasteiger partial charge in [0.25, 0.3) is 0 Å². The molecule has 0 spiro atoms. The molecule has 0 atom stereocenters. The van der Waals surface area contributed by atoms with Crippen molar-refractivity contribution in [2.45, 2.75) is 43.9 Å². The van der Waals surface area contributed by atoms with E-state index in [4.69, 9.17) is 5.84 Å². The predicted octanol–water partition coefficient (Wildman–Crippen LogP) is 4.24. The van der Waals surface area contributed by atoms with E-state index in [1.54, 1.807) is 12.1 Å². The van der Waals surface area contributed by atoms with Crippen molar-refractivity contribution in [1.29, 1.82) is 0 Å². The quantitative estimate of drug-likeness (QED) is 0.320. The molecule has 1 aliphatic carbocycles. The van der Waals surface area contributed by atoms with Gasteiger partial charge in [-0.2, -0.15) is 9.41 Å². The number of hydrogen-bond acceptors (Lipinski definition) is 4. The summed E-state index contributed by atoms with van der Waals surface area (Å²) in [6.07, 6.45) is 7.58. The molecule has 3 rings (SSSR count). The maximum Gasteiger partial charge on any atom is 0.243 e. The lowest BCUT2D eigenvalue weighted by atomic mass is 10.1. The van der Waals surface area contributed by atoms with Gasteiger partial charge >= 0.3 is 0 Å². The third-order valence-electron chi connectivity index (χ3n) is 5.26. The number of hydrazone groups is 1. The smallest absolute Gasteiger partial charge is 0.243 e. The minimum Gasteiger partial charge on any atom is -0.323 e. The van der Waals surface area contributed by atoms with Crippen molar-refractivity contribution in [1.82, 2.24) is 4.31 Å². The molecule has 6 heteroatoms. The average Bonchev–Trinajstić information content (AvgIpc) is 3.00. The van der Waals surface area contributed by atoms with Crippen LogP contribution in [0.5, 0.6) is 0 Å². The number of nitrogens with zero attached hydrogens (tertiary/aromatic N) is 2. The van der Waals surface area contributed by atoms with Crippen LogP contribution in [0.1, 0.15) is 43.2 Å². The lowest BCUT2D eigenvalue weighted by Crippen LogP contribution is -2.38. The van der Waals surface area contributed by atoms with Gasteiger partial charge in [-0.3, -0.25) is 0 Å². The van der Waals surface area contributed by atoms with Crippen molar-refractivity contribution in [3.8, 4) is 0 Å². The Morgan fingerprint density at radius 3 is 2.45 bits per heavy atom. The lowest BCUT2D eigenvalue weighted by molar-refractivity contribution is 0.469. The van der Waals surface area contributed by atoms with Gasteiger partial charge in [-0.15, -0.1) is 0 Å². The molecule has 5 nitrogen and oxygen atoms in total. The molecule has 0 heterocycles. The third kappa shape index (κ3) is 5.55. The highest BCUT2D eigenvalue weighted by Crippen LogP contribution is 2.23. The van der Waals surface area contributed by atoms with Crippen LogP contribution in [0.4, 0.5) is 0 Å². The molecule has 2 aromatic carbocycles. The summed E-state index contributed by atoms with van der Waals surface area (Å²) < 4.78 is 28.5. The molecule has 0 saturated carbocycles. The molecule has 29 heavy (non-hydrogen) atoms. The Bertz CT molecular complexity index is 965. The molecular weight excluding hydrogens is 382 g/mol. The highest BCUT2D eigenvalue weighted by molar-refractivity contribution is 7.89. The van der Waals surface area contributed by atoms with E-state index in [1.807, 2.05) is 49.4 Å². The van der Waals surface area contributed by atoms with E-state index in [0.717, 1.165) is 36.8 Å².